The molecule has 0 spiro atoms. The average molecular weight is 500 g/mol. The number of hydrogen-bond donors (Lipinski definition) is 1. The zero-order chi connectivity index (χ0) is 24.9. The normalized spacial score (nSPS) is 19.3. The molecule has 0 aromatic heterocycles. The molecule has 0 amide bonds. The first-order valence-electron chi connectivity index (χ1n) is 11.3. The van der Waals surface area contributed by atoms with Gasteiger partial charge in [-0.1, -0.05) is 19.1 Å². The van der Waals surface area contributed by atoms with Crippen LogP contribution >= 0.6 is 0 Å². The van der Waals surface area contributed by atoms with Gasteiger partial charge in [0.05, 0.1) is 14.2 Å². The van der Waals surface area contributed by atoms with E-state index in [1.165, 1.54) is 32.4 Å². The lowest BCUT2D eigenvalue weighted by Crippen LogP contribution is -2.41. The molecule has 0 radical (unpaired) electrons. The first kappa shape index (κ1) is 23.4. The van der Waals surface area contributed by atoms with E-state index in [1.54, 1.807) is 12.1 Å². The molecule has 5 rings (SSSR count). The third kappa shape index (κ3) is 3.98. The van der Waals surface area contributed by atoms with Gasteiger partial charge in [0.25, 0.3) is 0 Å². The summed E-state index contributed by atoms with van der Waals surface area (Å²) in [5.41, 5.74) is 3.81. The van der Waals surface area contributed by atoms with Gasteiger partial charge in [0.2, 0.25) is 0 Å². The van der Waals surface area contributed by atoms with E-state index in [9.17, 15) is 17.9 Å². The van der Waals surface area contributed by atoms with Gasteiger partial charge in [-0.25, -0.2) is 4.39 Å². The Kier molecular flexibility index (Phi) is 5.85. The molecular formula is C26H26FNO6S. The summed E-state index contributed by atoms with van der Waals surface area (Å²) in [5, 5.41) is 10.3. The standard InChI is InChI=1S/C26H26FNO6S/c1-15-19-7-8-23(32-2)26(34-35(30,31)18-6-4-5-17(27)12-18)21(19)14-28-10-9-16-11-22(29)24(33-3)13-20(16)25(15)28/h4-8,11-13,15,25,29H,9-10,14H2,1-3H3. The highest BCUT2D eigenvalue weighted by Crippen LogP contribution is 2.51. The second-order valence-corrected chi connectivity index (χ2v) is 10.4. The second kappa shape index (κ2) is 8.73. The van der Waals surface area contributed by atoms with E-state index in [0.717, 1.165) is 41.3 Å². The van der Waals surface area contributed by atoms with Gasteiger partial charge in [-0.05, 0) is 59.5 Å². The van der Waals surface area contributed by atoms with Crippen molar-refractivity contribution in [3.8, 4) is 23.0 Å². The molecule has 0 bridgehead atoms. The fraction of sp³-hybridized carbons (Fsp3) is 0.308. The molecule has 0 saturated heterocycles. The molecule has 3 aromatic rings. The number of phenolic OH excluding ortho intramolecular Hbond substituents is 1. The average Bonchev–Trinajstić information content (AvgIpc) is 2.83. The minimum atomic E-state index is -4.29. The Hall–Kier alpha value is -3.30. The molecule has 2 aliphatic rings. The SMILES string of the molecule is COc1cc2c(cc1O)CCN1Cc3c(ccc(OC)c3OS(=O)(=O)c3cccc(F)c3)C(C)C21. The minimum absolute atomic E-state index is 0.0156. The topological polar surface area (TPSA) is 85.3 Å². The van der Waals surface area contributed by atoms with Gasteiger partial charge in [0, 0.05) is 30.6 Å². The van der Waals surface area contributed by atoms with Crippen LogP contribution in [0.5, 0.6) is 23.0 Å². The predicted molar refractivity (Wildman–Crippen MR) is 127 cm³/mol. The zero-order valence-corrected chi connectivity index (χ0v) is 20.4. The van der Waals surface area contributed by atoms with Crippen molar-refractivity contribution in [2.24, 2.45) is 0 Å². The number of phenols is 1. The van der Waals surface area contributed by atoms with Gasteiger partial charge < -0.3 is 18.8 Å². The molecule has 0 fully saturated rings. The number of rotatable bonds is 5. The van der Waals surface area contributed by atoms with Gasteiger partial charge in [-0.3, -0.25) is 4.90 Å². The lowest BCUT2D eigenvalue weighted by Gasteiger charge is -2.45. The molecule has 0 aliphatic carbocycles. The Morgan fingerprint density at radius 3 is 2.51 bits per heavy atom. The van der Waals surface area contributed by atoms with Gasteiger partial charge in [-0.2, -0.15) is 8.42 Å². The molecule has 2 heterocycles. The van der Waals surface area contributed by atoms with Crippen LogP contribution in [0, 0.1) is 5.82 Å². The van der Waals surface area contributed by atoms with Gasteiger partial charge in [0.15, 0.2) is 23.0 Å². The molecule has 1 N–H and O–H groups in total. The van der Waals surface area contributed by atoms with Crippen LogP contribution in [0.1, 0.15) is 41.1 Å². The molecule has 35 heavy (non-hydrogen) atoms. The van der Waals surface area contributed by atoms with Crippen LogP contribution in [0.25, 0.3) is 0 Å². The molecule has 2 aliphatic heterocycles. The molecule has 2 unspecified atom stereocenters. The fourth-order valence-electron chi connectivity index (χ4n) is 5.26. The van der Waals surface area contributed by atoms with E-state index in [1.807, 2.05) is 12.1 Å². The van der Waals surface area contributed by atoms with E-state index in [2.05, 4.69) is 11.8 Å². The van der Waals surface area contributed by atoms with Crippen LogP contribution in [0.3, 0.4) is 0 Å². The van der Waals surface area contributed by atoms with Gasteiger partial charge in [0.1, 0.15) is 10.7 Å². The highest BCUT2D eigenvalue weighted by Gasteiger charge is 2.40. The van der Waals surface area contributed by atoms with E-state index < -0.39 is 15.9 Å². The number of hydrogen-bond acceptors (Lipinski definition) is 7. The van der Waals surface area contributed by atoms with Crippen molar-refractivity contribution in [1.82, 2.24) is 4.90 Å². The number of nitrogens with zero attached hydrogens (tertiary/aromatic N) is 1. The van der Waals surface area contributed by atoms with E-state index >= 15 is 0 Å². The van der Waals surface area contributed by atoms with Gasteiger partial charge >= 0.3 is 10.1 Å². The quantitative estimate of drug-likeness (QED) is 0.516. The number of fused-ring (bicyclic) bond motifs is 4. The maximum Gasteiger partial charge on any atom is 0.339 e. The highest BCUT2D eigenvalue weighted by molar-refractivity contribution is 7.87. The summed E-state index contributed by atoms with van der Waals surface area (Å²) >= 11 is 0. The largest absolute Gasteiger partial charge is 0.504 e. The number of methoxy groups -OCH3 is 2. The molecule has 3 aromatic carbocycles. The van der Waals surface area contributed by atoms with Gasteiger partial charge in [-0.15, -0.1) is 0 Å². The van der Waals surface area contributed by atoms with Crippen molar-refractivity contribution in [2.75, 3.05) is 20.8 Å². The summed E-state index contributed by atoms with van der Waals surface area (Å²) in [7, 11) is -1.32. The van der Waals surface area contributed by atoms with E-state index in [4.69, 9.17) is 13.7 Å². The fourth-order valence-corrected chi connectivity index (χ4v) is 6.26. The summed E-state index contributed by atoms with van der Waals surface area (Å²) in [5.74, 6) is 0.265. The molecule has 184 valence electrons. The van der Waals surface area contributed by atoms with Crippen molar-refractivity contribution >= 4 is 10.1 Å². The monoisotopic (exact) mass is 499 g/mol. The predicted octanol–water partition coefficient (Wildman–Crippen LogP) is 4.53. The lowest BCUT2D eigenvalue weighted by molar-refractivity contribution is 0.137. The second-order valence-electron chi connectivity index (χ2n) is 8.84. The first-order valence-corrected chi connectivity index (χ1v) is 12.7. The van der Waals surface area contributed by atoms with Crippen molar-refractivity contribution < 1.29 is 31.6 Å². The Morgan fingerprint density at radius 2 is 1.80 bits per heavy atom. The maximum absolute atomic E-state index is 13.7. The third-order valence-corrected chi connectivity index (χ3v) is 8.12. The van der Waals surface area contributed by atoms with Crippen molar-refractivity contribution in [1.29, 1.82) is 0 Å². The third-order valence-electron chi connectivity index (χ3n) is 6.90. The number of halogens is 1. The summed E-state index contributed by atoms with van der Waals surface area (Å²) in [6.07, 6.45) is 0.729. The maximum atomic E-state index is 13.7. The van der Waals surface area contributed by atoms with Crippen LogP contribution in [0.15, 0.2) is 53.4 Å². The number of ether oxygens (including phenoxy) is 2. The van der Waals surface area contributed by atoms with Crippen LogP contribution in [-0.4, -0.2) is 39.2 Å². The summed E-state index contributed by atoms with van der Waals surface area (Å²) in [6.45, 7) is 3.25. The van der Waals surface area contributed by atoms with Crippen molar-refractivity contribution in [3.63, 3.8) is 0 Å². The summed E-state index contributed by atoms with van der Waals surface area (Å²) in [4.78, 5) is 2.00. The van der Waals surface area contributed by atoms with Crippen LogP contribution in [-0.2, 0) is 23.1 Å². The molecule has 9 heteroatoms. The Labute approximate surface area is 203 Å². The van der Waals surface area contributed by atoms with Crippen molar-refractivity contribution in [3.05, 3.63) is 76.6 Å². The lowest BCUT2D eigenvalue weighted by atomic mass is 9.77. The van der Waals surface area contributed by atoms with E-state index in [-0.39, 0.29) is 28.4 Å². The van der Waals surface area contributed by atoms with Crippen LogP contribution in [0.2, 0.25) is 0 Å². The Morgan fingerprint density at radius 1 is 1.03 bits per heavy atom. The minimum Gasteiger partial charge on any atom is -0.504 e. The number of aromatic hydroxyl groups is 1. The first-order chi connectivity index (χ1) is 16.7. The smallest absolute Gasteiger partial charge is 0.339 e. The van der Waals surface area contributed by atoms with Crippen molar-refractivity contribution in [2.45, 2.75) is 36.7 Å². The number of benzene rings is 3. The molecular weight excluding hydrogens is 473 g/mol. The molecule has 7 nitrogen and oxygen atoms in total. The summed E-state index contributed by atoms with van der Waals surface area (Å²) in [6, 6.07) is 12.0. The molecule has 0 saturated carbocycles. The van der Waals surface area contributed by atoms with E-state index in [0.29, 0.717) is 18.0 Å². The van der Waals surface area contributed by atoms with Crippen LogP contribution in [0.4, 0.5) is 4.39 Å². The zero-order valence-electron chi connectivity index (χ0n) is 19.6. The molecule has 2 atom stereocenters. The highest BCUT2D eigenvalue weighted by atomic mass is 32.2. The Bertz CT molecular complexity index is 1410. The summed E-state index contributed by atoms with van der Waals surface area (Å²) < 4.78 is 56.2. The van der Waals surface area contributed by atoms with Crippen LogP contribution < -0.4 is 13.7 Å². The Balaban J connectivity index is 1.59.